The molecule has 1 amide bonds. The molecule has 3 aromatic rings. The second kappa shape index (κ2) is 10.9. The third kappa shape index (κ3) is 5.85. The lowest BCUT2D eigenvalue weighted by molar-refractivity contribution is -0.124. The van der Waals surface area contributed by atoms with Gasteiger partial charge in [-0.1, -0.05) is 59.8 Å². The van der Waals surface area contributed by atoms with Gasteiger partial charge in [0.15, 0.2) is 6.61 Å². The first-order valence-corrected chi connectivity index (χ1v) is 10.9. The smallest absolute Gasteiger partial charge is 0.344 e. The first-order chi connectivity index (χ1) is 16.1. The van der Waals surface area contributed by atoms with Crippen molar-refractivity contribution in [2.24, 2.45) is 0 Å². The third-order valence-corrected chi connectivity index (χ3v) is 5.54. The number of hydrogen-bond acceptors (Lipinski definition) is 7. The molecular weight excluding hydrogens is 422 g/mol. The number of aryl methyl sites for hydroxylation is 1. The summed E-state index contributed by atoms with van der Waals surface area (Å²) in [6.07, 6.45) is 0. The molecule has 1 saturated heterocycles. The van der Waals surface area contributed by atoms with Gasteiger partial charge in [0.05, 0.1) is 13.2 Å². The molecule has 8 heteroatoms. The Hall–Kier alpha value is -3.49. The molecule has 1 aromatic heterocycles. The molecule has 0 spiro atoms. The number of benzene rings is 2. The lowest BCUT2D eigenvalue weighted by Crippen LogP contribution is -2.36. The SMILES string of the molecule is Cc1onc(-c2ccccc2)c1C(=O)OCC(=O)NCc1ccccc1CN1CCOCC1. The topological polar surface area (TPSA) is 93.9 Å². The number of amides is 1. The first kappa shape index (κ1) is 22.7. The number of nitrogens with zero attached hydrogens (tertiary/aromatic N) is 2. The summed E-state index contributed by atoms with van der Waals surface area (Å²) < 4.78 is 15.9. The second-order valence-corrected chi connectivity index (χ2v) is 7.84. The van der Waals surface area contributed by atoms with E-state index in [2.05, 4.69) is 21.4 Å². The molecule has 2 heterocycles. The summed E-state index contributed by atoms with van der Waals surface area (Å²) in [6.45, 7) is 5.68. The second-order valence-electron chi connectivity index (χ2n) is 7.84. The summed E-state index contributed by atoms with van der Waals surface area (Å²) in [5, 5.41) is 6.82. The van der Waals surface area contributed by atoms with Crippen LogP contribution in [0.1, 0.15) is 27.2 Å². The van der Waals surface area contributed by atoms with Gasteiger partial charge in [0.2, 0.25) is 0 Å². The van der Waals surface area contributed by atoms with Crippen LogP contribution in [0.5, 0.6) is 0 Å². The molecule has 0 aliphatic carbocycles. The molecule has 2 aromatic carbocycles. The van der Waals surface area contributed by atoms with Crippen molar-refractivity contribution in [3.8, 4) is 11.3 Å². The van der Waals surface area contributed by atoms with Crippen molar-refractivity contribution < 1.29 is 23.6 Å². The van der Waals surface area contributed by atoms with Crippen LogP contribution in [0.2, 0.25) is 0 Å². The van der Waals surface area contributed by atoms with Crippen molar-refractivity contribution in [3.63, 3.8) is 0 Å². The summed E-state index contributed by atoms with van der Waals surface area (Å²) in [5.74, 6) is -0.674. The first-order valence-electron chi connectivity index (χ1n) is 10.9. The van der Waals surface area contributed by atoms with E-state index in [-0.39, 0.29) is 18.1 Å². The van der Waals surface area contributed by atoms with E-state index in [0.29, 0.717) is 18.0 Å². The van der Waals surface area contributed by atoms with Crippen LogP contribution in [0.4, 0.5) is 0 Å². The molecule has 1 N–H and O–H groups in total. The van der Waals surface area contributed by atoms with Crippen LogP contribution in [0, 0.1) is 6.92 Å². The van der Waals surface area contributed by atoms with Gasteiger partial charge in [-0.3, -0.25) is 9.69 Å². The number of morpholine rings is 1. The normalized spacial score (nSPS) is 14.1. The molecule has 0 radical (unpaired) electrons. The number of esters is 1. The van der Waals surface area contributed by atoms with Gasteiger partial charge in [-0.05, 0) is 18.1 Å². The average Bonchev–Trinajstić information content (AvgIpc) is 3.24. The van der Waals surface area contributed by atoms with Crippen molar-refractivity contribution in [1.29, 1.82) is 0 Å². The van der Waals surface area contributed by atoms with Gasteiger partial charge in [-0.15, -0.1) is 0 Å². The lowest BCUT2D eigenvalue weighted by Gasteiger charge is -2.27. The molecule has 0 bridgehead atoms. The van der Waals surface area contributed by atoms with Gasteiger partial charge in [0.1, 0.15) is 17.0 Å². The summed E-state index contributed by atoms with van der Waals surface area (Å²) in [5.41, 5.74) is 3.55. The molecule has 4 rings (SSSR count). The van der Waals surface area contributed by atoms with E-state index in [1.165, 1.54) is 0 Å². The van der Waals surface area contributed by atoms with E-state index in [4.69, 9.17) is 14.0 Å². The van der Waals surface area contributed by atoms with Gasteiger partial charge in [-0.25, -0.2) is 4.79 Å². The van der Waals surface area contributed by atoms with E-state index >= 15 is 0 Å². The monoisotopic (exact) mass is 449 g/mol. The Morgan fingerprint density at radius 1 is 1.03 bits per heavy atom. The van der Waals surface area contributed by atoms with E-state index in [0.717, 1.165) is 49.5 Å². The van der Waals surface area contributed by atoms with Crippen molar-refractivity contribution in [2.45, 2.75) is 20.0 Å². The predicted molar refractivity (Wildman–Crippen MR) is 121 cm³/mol. The zero-order chi connectivity index (χ0) is 23.0. The molecule has 8 nitrogen and oxygen atoms in total. The largest absolute Gasteiger partial charge is 0.452 e. The van der Waals surface area contributed by atoms with Crippen molar-refractivity contribution in [2.75, 3.05) is 32.9 Å². The fraction of sp³-hybridized carbons (Fsp3) is 0.320. The summed E-state index contributed by atoms with van der Waals surface area (Å²) in [7, 11) is 0. The average molecular weight is 450 g/mol. The summed E-state index contributed by atoms with van der Waals surface area (Å²) in [6, 6.07) is 17.2. The number of carbonyl (C=O) groups is 2. The maximum Gasteiger partial charge on any atom is 0.344 e. The van der Waals surface area contributed by atoms with Crippen LogP contribution in [0.15, 0.2) is 59.1 Å². The highest BCUT2D eigenvalue weighted by Crippen LogP contribution is 2.25. The third-order valence-electron chi connectivity index (χ3n) is 5.54. The van der Waals surface area contributed by atoms with Crippen LogP contribution >= 0.6 is 0 Å². The molecule has 1 aliphatic heterocycles. The Kier molecular flexibility index (Phi) is 7.49. The van der Waals surface area contributed by atoms with Crippen molar-refractivity contribution in [1.82, 2.24) is 15.4 Å². The molecule has 1 fully saturated rings. The maximum absolute atomic E-state index is 12.7. The highest BCUT2D eigenvalue weighted by molar-refractivity contribution is 5.98. The Labute approximate surface area is 192 Å². The van der Waals surface area contributed by atoms with Crippen LogP contribution in [-0.2, 0) is 27.4 Å². The van der Waals surface area contributed by atoms with Gasteiger partial charge in [0.25, 0.3) is 5.91 Å². The van der Waals surface area contributed by atoms with Gasteiger partial charge >= 0.3 is 5.97 Å². The minimum absolute atomic E-state index is 0.227. The molecular formula is C25H27N3O5. The number of aromatic nitrogens is 1. The highest BCUT2D eigenvalue weighted by atomic mass is 16.5. The molecule has 0 unspecified atom stereocenters. The Balaban J connectivity index is 1.32. The lowest BCUT2D eigenvalue weighted by atomic mass is 10.1. The number of carbonyl (C=O) groups excluding carboxylic acids is 2. The standard InChI is InChI=1S/C25H27N3O5/c1-18-23(24(27-33-18)19-7-3-2-4-8-19)25(30)32-17-22(29)26-15-20-9-5-6-10-21(20)16-28-11-13-31-14-12-28/h2-10H,11-17H2,1H3,(H,26,29). The Morgan fingerprint density at radius 3 is 2.48 bits per heavy atom. The minimum atomic E-state index is -0.643. The predicted octanol–water partition coefficient (Wildman–Crippen LogP) is 2.96. The van der Waals surface area contributed by atoms with E-state index in [9.17, 15) is 9.59 Å². The fourth-order valence-corrected chi connectivity index (χ4v) is 3.74. The Morgan fingerprint density at radius 2 is 1.73 bits per heavy atom. The number of nitrogens with one attached hydrogen (secondary N) is 1. The highest BCUT2D eigenvalue weighted by Gasteiger charge is 2.23. The van der Waals surface area contributed by atoms with Crippen LogP contribution in [-0.4, -0.2) is 54.8 Å². The quantitative estimate of drug-likeness (QED) is 0.529. The maximum atomic E-state index is 12.7. The number of ether oxygens (including phenoxy) is 2. The minimum Gasteiger partial charge on any atom is -0.452 e. The van der Waals surface area contributed by atoms with Crippen LogP contribution < -0.4 is 5.32 Å². The summed E-state index contributed by atoms with van der Waals surface area (Å²) in [4.78, 5) is 27.4. The van der Waals surface area contributed by atoms with Gasteiger partial charge < -0.3 is 19.3 Å². The number of hydrogen-bond donors (Lipinski definition) is 1. The zero-order valence-corrected chi connectivity index (χ0v) is 18.6. The summed E-state index contributed by atoms with van der Waals surface area (Å²) >= 11 is 0. The molecule has 0 atom stereocenters. The molecule has 33 heavy (non-hydrogen) atoms. The van der Waals surface area contributed by atoms with E-state index in [1.807, 2.05) is 48.5 Å². The molecule has 1 aliphatic rings. The van der Waals surface area contributed by atoms with E-state index in [1.54, 1.807) is 6.92 Å². The Bertz CT molecular complexity index is 1090. The fourth-order valence-electron chi connectivity index (χ4n) is 3.74. The zero-order valence-electron chi connectivity index (χ0n) is 18.6. The number of rotatable bonds is 8. The molecule has 172 valence electrons. The van der Waals surface area contributed by atoms with Gasteiger partial charge in [-0.2, -0.15) is 0 Å². The van der Waals surface area contributed by atoms with E-state index < -0.39 is 5.97 Å². The van der Waals surface area contributed by atoms with Gasteiger partial charge in [0, 0.05) is 31.7 Å². The van der Waals surface area contributed by atoms with Crippen LogP contribution in [0.25, 0.3) is 11.3 Å². The van der Waals surface area contributed by atoms with Crippen molar-refractivity contribution in [3.05, 3.63) is 77.0 Å². The van der Waals surface area contributed by atoms with Crippen LogP contribution in [0.3, 0.4) is 0 Å². The van der Waals surface area contributed by atoms with Crippen molar-refractivity contribution >= 4 is 11.9 Å². The molecule has 0 saturated carbocycles.